The zero-order chi connectivity index (χ0) is 15.2. The van der Waals surface area contributed by atoms with Crippen molar-refractivity contribution < 1.29 is 4.65 Å². The van der Waals surface area contributed by atoms with E-state index >= 15 is 0 Å². The number of hydroxylamine groups is 3. The standard InChI is InChI=1S/C19H39NO/c1-2-3-4-5-6-7-8-9-10-11-14-17-20(21)18-15-12-13-16-19-20/h2-19H2,1H3. The zero-order valence-corrected chi connectivity index (χ0v) is 14.6. The summed E-state index contributed by atoms with van der Waals surface area (Å²) in [6.45, 7) is 4.94. The van der Waals surface area contributed by atoms with Crippen molar-refractivity contribution in [3.8, 4) is 0 Å². The van der Waals surface area contributed by atoms with Crippen LogP contribution in [0, 0.1) is 5.21 Å². The Labute approximate surface area is 133 Å². The van der Waals surface area contributed by atoms with Crippen LogP contribution in [0.2, 0.25) is 0 Å². The van der Waals surface area contributed by atoms with Crippen molar-refractivity contribution in [2.45, 2.75) is 103 Å². The van der Waals surface area contributed by atoms with E-state index in [0.717, 1.165) is 38.9 Å². The van der Waals surface area contributed by atoms with Crippen molar-refractivity contribution in [3.05, 3.63) is 5.21 Å². The first kappa shape index (κ1) is 19.0. The Morgan fingerprint density at radius 3 is 1.52 bits per heavy atom. The molecule has 1 saturated heterocycles. The first-order chi connectivity index (χ1) is 10.3. The lowest BCUT2D eigenvalue weighted by molar-refractivity contribution is -0.880. The number of hydrogen-bond donors (Lipinski definition) is 0. The highest BCUT2D eigenvalue weighted by atomic mass is 16.5. The Balaban J connectivity index is 1.85. The van der Waals surface area contributed by atoms with Gasteiger partial charge in [-0.25, -0.2) is 0 Å². The lowest BCUT2D eigenvalue weighted by atomic mass is 10.1. The second-order valence-corrected chi connectivity index (χ2v) is 7.18. The smallest absolute Gasteiger partial charge is 0.0783 e. The van der Waals surface area contributed by atoms with E-state index in [1.165, 1.54) is 77.0 Å². The largest absolute Gasteiger partial charge is 0.633 e. The van der Waals surface area contributed by atoms with E-state index in [-0.39, 0.29) is 4.65 Å². The monoisotopic (exact) mass is 297 g/mol. The van der Waals surface area contributed by atoms with Crippen LogP contribution in [0.4, 0.5) is 0 Å². The molecule has 0 N–H and O–H groups in total. The molecule has 1 aliphatic rings. The third kappa shape index (κ3) is 10.3. The van der Waals surface area contributed by atoms with Gasteiger partial charge in [-0.2, -0.15) is 0 Å². The van der Waals surface area contributed by atoms with E-state index in [1.807, 2.05) is 0 Å². The van der Waals surface area contributed by atoms with Crippen molar-refractivity contribution in [3.63, 3.8) is 0 Å². The quantitative estimate of drug-likeness (QED) is 0.239. The van der Waals surface area contributed by atoms with Gasteiger partial charge < -0.3 is 9.85 Å². The van der Waals surface area contributed by atoms with E-state index in [1.54, 1.807) is 0 Å². The summed E-state index contributed by atoms with van der Waals surface area (Å²) in [6, 6.07) is 0. The van der Waals surface area contributed by atoms with Crippen LogP contribution in [-0.4, -0.2) is 24.3 Å². The predicted molar refractivity (Wildman–Crippen MR) is 93.2 cm³/mol. The van der Waals surface area contributed by atoms with Gasteiger partial charge in [-0.1, -0.05) is 64.7 Å². The summed E-state index contributed by atoms with van der Waals surface area (Å²) in [7, 11) is 0. The lowest BCUT2D eigenvalue weighted by Gasteiger charge is -2.42. The Bertz CT molecular complexity index is 222. The summed E-state index contributed by atoms with van der Waals surface area (Å²) < 4.78 is 0.122. The maximum Gasteiger partial charge on any atom is 0.0783 e. The molecule has 0 unspecified atom stereocenters. The Morgan fingerprint density at radius 2 is 1.05 bits per heavy atom. The molecule has 0 aliphatic carbocycles. The molecule has 0 amide bonds. The van der Waals surface area contributed by atoms with Gasteiger partial charge in [0.05, 0.1) is 19.6 Å². The van der Waals surface area contributed by atoms with Crippen LogP contribution < -0.4 is 0 Å². The van der Waals surface area contributed by atoms with E-state index < -0.39 is 0 Å². The molecule has 1 rings (SSSR count). The second-order valence-electron chi connectivity index (χ2n) is 7.18. The fourth-order valence-corrected chi connectivity index (χ4v) is 3.55. The number of hydrogen-bond acceptors (Lipinski definition) is 1. The highest BCUT2D eigenvalue weighted by molar-refractivity contribution is 4.55. The number of quaternary nitrogens is 1. The van der Waals surface area contributed by atoms with Crippen molar-refractivity contribution in [1.82, 2.24) is 0 Å². The molecule has 0 spiro atoms. The number of likely N-dealkylation sites (tertiary alicyclic amines) is 1. The molecule has 1 fully saturated rings. The van der Waals surface area contributed by atoms with Gasteiger partial charge in [0.1, 0.15) is 0 Å². The first-order valence-electron chi connectivity index (χ1n) is 9.84. The van der Waals surface area contributed by atoms with Crippen LogP contribution in [0.1, 0.15) is 103 Å². The van der Waals surface area contributed by atoms with Crippen LogP contribution >= 0.6 is 0 Å². The lowest BCUT2D eigenvalue weighted by Crippen LogP contribution is -2.43. The highest BCUT2D eigenvalue weighted by Crippen LogP contribution is 2.19. The van der Waals surface area contributed by atoms with Crippen LogP contribution in [-0.2, 0) is 0 Å². The molecule has 0 atom stereocenters. The Morgan fingerprint density at radius 1 is 0.619 bits per heavy atom. The molecule has 21 heavy (non-hydrogen) atoms. The van der Waals surface area contributed by atoms with Crippen LogP contribution in [0.3, 0.4) is 0 Å². The fourth-order valence-electron chi connectivity index (χ4n) is 3.55. The fraction of sp³-hybridized carbons (Fsp3) is 1.00. The molecule has 2 heteroatoms. The van der Waals surface area contributed by atoms with Gasteiger partial charge in [0.2, 0.25) is 0 Å². The molecule has 1 heterocycles. The molecule has 0 aromatic carbocycles. The Hall–Kier alpha value is -0.0800. The molecule has 0 radical (unpaired) electrons. The summed E-state index contributed by atoms with van der Waals surface area (Å²) in [6.07, 6.45) is 19.9. The van der Waals surface area contributed by atoms with Gasteiger partial charge in [-0.15, -0.1) is 0 Å². The van der Waals surface area contributed by atoms with Crippen LogP contribution in [0.25, 0.3) is 0 Å². The summed E-state index contributed by atoms with van der Waals surface area (Å²) in [5, 5.41) is 12.5. The number of rotatable bonds is 12. The average molecular weight is 298 g/mol. The summed E-state index contributed by atoms with van der Waals surface area (Å²) in [5.41, 5.74) is 0. The third-order valence-corrected chi connectivity index (χ3v) is 5.05. The van der Waals surface area contributed by atoms with Gasteiger partial charge in [-0.05, 0) is 38.5 Å². The van der Waals surface area contributed by atoms with E-state index in [4.69, 9.17) is 0 Å². The van der Waals surface area contributed by atoms with Crippen molar-refractivity contribution in [1.29, 1.82) is 0 Å². The van der Waals surface area contributed by atoms with Gasteiger partial charge in [0.25, 0.3) is 0 Å². The molecule has 0 bridgehead atoms. The summed E-state index contributed by atoms with van der Waals surface area (Å²) in [5.74, 6) is 0. The zero-order valence-electron chi connectivity index (χ0n) is 14.6. The molecule has 0 aromatic rings. The minimum absolute atomic E-state index is 0.122. The molecular weight excluding hydrogens is 258 g/mol. The second kappa shape index (κ2) is 12.5. The molecule has 126 valence electrons. The molecule has 0 saturated carbocycles. The van der Waals surface area contributed by atoms with E-state index in [2.05, 4.69) is 6.92 Å². The highest BCUT2D eigenvalue weighted by Gasteiger charge is 2.18. The van der Waals surface area contributed by atoms with Crippen LogP contribution in [0.15, 0.2) is 0 Å². The number of nitrogens with zero attached hydrogens (tertiary/aromatic N) is 1. The molecular formula is C19H39NO. The van der Waals surface area contributed by atoms with Crippen molar-refractivity contribution in [2.24, 2.45) is 0 Å². The summed E-state index contributed by atoms with van der Waals surface area (Å²) >= 11 is 0. The minimum Gasteiger partial charge on any atom is -0.633 e. The van der Waals surface area contributed by atoms with Gasteiger partial charge >= 0.3 is 0 Å². The number of unbranched alkanes of at least 4 members (excludes halogenated alkanes) is 10. The topological polar surface area (TPSA) is 23.1 Å². The van der Waals surface area contributed by atoms with E-state index in [9.17, 15) is 5.21 Å². The normalized spacial score (nSPS) is 18.6. The summed E-state index contributed by atoms with van der Waals surface area (Å²) in [4.78, 5) is 0. The molecule has 2 nitrogen and oxygen atoms in total. The maximum atomic E-state index is 12.5. The first-order valence-corrected chi connectivity index (χ1v) is 9.84. The van der Waals surface area contributed by atoms with Crippen LogP contribution in [0.5, 0.6) is 0 Å². The molecule has 0 aromatic heterocycles. The van der Waals surface area contributed by atoms with Crippen molar-refractivity contribution in [2.75, 3.05) is 19.6 Å². The SMILES string of the molecule is CCCCCCCCCCCCC[N+]1([O-])CCCCCC1. The Kier molecular flexibility index (Phi) is 11.3. The van der Waals surface area contributed by atoms with E-state index in [0.29, 0.717) is 0 Å². The third-order valence-electron chi connectivity index (χ3n) is 5.05. The maximum absolute atomic E-state index is 12.5. The minimum atomic E-state index is 0.122. The average Bonchev–Trinajstić information content (AvgIpc) is 2.70. The van der Waals surface area contributed by atoms with Gasteiger partial charge in [0, 0.05) is 0 Å². The predicted octanol–water partition coefficient (Wildman–Crippen LogP) is 6.19. The molecule has 1 aliphatic heterocycles. The van der Waals surface area contributed by atoms with Gasteiger partial charge in [0.15, 0.2) is 0 Å². The van der Waals surface area contributed by atoms with Crippen molar-refractivity contribution >= 4 is 0 Å². The van der Waals surface area contributed by atoms with Gasteiger partial charge in [-0.3, -0.25) is 0 Å².